The topological polar surface area (TPSA) is 72.9 Å². The molecule has 1 aromatic carbocycles. The van der Waals surface area contributed by atoms with Gasteiger partial charge >= 0.3 is 12.1 Å². The summed E-state index contributed by atoms with van der Waals surface area (Å²) >= 11 is 1.46. The van der Waals surface area contributed by atoms with E-state index in [4.69, 9.17) is 9.90 Å². The normalized spacial score (nSPS) is 21.2. The van der Waals surface area contributed by atoms with Crippen LogP contribution in [0.4, 0.5) is 24.5 Å². The molecule has 10 heteroatoms. The third-order valence-corrected chi connectivity index (χ3v) is 6.58. The average molecular weight is 470 g/mol. The Bertz CT molecular complexity index is 903. The van der Waals surface area contributed by atoms with Gasteiger partial charge in [0.05, 0.1) is 4.88 Å². The number of carboxylic acids is 1. The van der Waals surface area contributed by atoms with Gasteiger partial charge in [-0.2, -0.15) is 13.2 Å². The predicted molar refractivity (Wildman–Crippen MR) is 118 cm³/mol. The Morgan fingerprint density at radius 3 is 2.34 bits per heavy atom. The smallest absolute Gasteiger partial charge is 0.475 e. The van der Waals surface area contributed by atoms with Crippen LogP contribution in [0.5, 0.6) is 0 Å². The first-order valence-electron chi connectivity index (χ1n) is 10.4. The fourth-order valence-electron chi connectivity index (χ4n) is 4.10. The first kappa shape index (κ1) is 24.1. The van der Waals surface area contributed by atoms with Crippen LogP contribution in [0.3, 0.4) is 0 Å². The molecule has 174 valence electrons. The fraction of sp³-hybridized carbons (Fsp3) is 0.455. The zero-order chi connectivity index (χ0) is 23.3. The van der Waals surface area contributed by atoms with Crippen LogP contribution >= 0.6 is 11.3 Å². The number of hydrogen-bond acceptors (Lipinski definition) is 5. The molecule has 2 atom stereocenters. The summed E-state index contributed by atoms with van der Waals surface area (Å²) in [4.78, 5) is 26.9. The molecule has 2 N–H and O–H groups in total. The molecule has 3 heterocycles. The lowest BCUT2D eigenvalue weighted by Crippen LogP contribution is -2.39. The first-order valence-corrected chi connectivity index (χ1v) is 11.3. The largest absolute Gasteiger partial charge is 0.490 e. The van der Waals surface area contributed by atoms with Crippen molar-refractivity contribution in [3.05, 3.63) is 46.7 Å². The summed E-state index contributed by atoms with van der Waals surface area (Å²) < 4.78 is 31.7. The standard InChI is InChI=1S/C20H25N3OS.C2HF3O2/c1-15-4-2-11-23(15)18-10-12-22(14-18)17-8-6-16(7-9-17)21-20(24)19-5-3-13-25-19;3-2(4,5)1(6)7/h3,5-9,13,15,18H,2,4,10-12,14H2,1H3,(H,21,24);(H,6,7). The van der Waals surface area contributed by atoms with E-state index < -0.39 is 12.1 Å². The van der Waals surface area contributed by atoms with Gasteiger partial charge in [-0.3, -0.25) is 9.69 Å². The molecule has 2 aromatic rings. The van der Waals surface area contributed by atoms with E-state index in [0.717, 1.165) is 29.7 Å². The fourth-order valence-corrected chi connectivity index (χ4v) is 4.72. The number of aliphatic carboxylic acids is 1. The highest BCUT2D eigenvalue weighted by molar-refractivity contribution is 7.12. The Balaban J connectivity index is 0.000000360. The number of rotatable bonds is 4. The van der Waals surface area contributed by atoms with Crippen molar-refractivity contribution < 1.29 is 27.9 Å². The summed E-state index contributed by atoms with van der Waals surface area (Å²) in [6.45, 7) is 5.86. The zero-order valence-corrected chi connectivity index (χ0v) is 18.5. The Morgan fingerprint density at radius 1 is 1.12 bits per heavy atom. The molecule has 32 heavy (non-hydrogen) atoms. The van der Waals surface area contributed by atoms with Crippen LogP contribution in [0.25, 0.3) is 0 Å². The van der Waals surface area contributed by atoms with Gasteiger partial charge in [-0.25, -0.2) is 4.79 Å². The minimum Gasteiger partial charge on any atom is -0.475 e. The lowest BCUT2D eigenvalue weighted by molar-refractivity contribution is -0.192. The zero-order valence-electron chi connectivity index (χ0n) is 17.6. The van der Waals surface area contributed by atoms with Gasteiger partial charge in [0.15, 0.2) is 0 Å². The number of alkyl halides is 3. The maximum atomic E-state index is 12.1. The Kier molecular flexibility index (Phi) is 7.78. The van der Waals surface area contributed by atoms with E-state index in [1.807, 2.05) is 29.6 Å². The highest BCUT2D eigenvalue weighted by Crippen LogP contribution is 2.29. The van der Waals surface area contributed by atoms with Crippen molar-refractivity contribution in [2.24, 2.45) is 0 Å². The molecule has 2 unspecified atom stereocenters. The van der Waals surface area contributed by atoms with E-state index in [0.29, 0.717) is 6.04 Å². The molecule has 2 aliphatic heterocycles. The van der Waals surface area contributed by atoms with Gasteiger partial charge < -0.3 is 15.3 Å². The maximum Gasteiger partial charge on any atom is 0.490 e. The quantitative estimate of drug-likeness (QED) is 0.679. The van der Waals surface area contributed by atoms with Crippen molar-refractivity contribution in [3.8, 4) is 0 Å². The molecular weight excluding hydrogens is 443 g/mol. The Morgan fingerprint density at radius 2 is 1.81 bits per heavy atom. The van der Waals surface area contributed by atoms with Crippen molar-refractivity contribution in [3.63, 3.8) is 0 Å². The van der Waals surface area contributed by atoms with Crippen LogP contribution in [0.2, 0.25) is 0 Å². The number of hydrogen-bond donors (Lipinski definition) is 2. The monoisotopic (exact) mass is 469 g/mol. The second-order valence-electron chi connectivity index (χ2n) is 7.90. The molecule has 0 radical (unpaired) electrons. The molecule has 2 aliphatic rings. The molecule has 2 saturated heterocycles. The van der Waals surface area contributed by atoms with Crippen molar-refractivity contribution in [2.45, 2.75) is 44.4 Å². The van der Waals surface area contributed by atoms with E-state index in [9.17, 15) is 18.0 Å². The van der Waals surface area contributed by atoms with Gasteiger partial charge in [0.1, 0.15) is 0 Å². The summed E-state index contributed by atoms with van der Waals surface area (Å²) in [6, 6.07) is 13.4. The van der Waals surface area contributed by atoms with Crippen molar-refractivity contribution in [2.75, 3.05) is 29.9 Å². The van der Waals surface area contributed by atoms with Crippen LogP contribution < -0.4 is 10.2 Å². The van der Waals surface area contributed by atoms with Gasteiger partial charge in [0.2, 0.25) is 0 Å². The number of thiophene rings is 1. The number of nitrogens with one attached hydrogen (secondary N) is 1. The Labute approximate surface area is 188 Å². The average Bonchev–Trinajstić information content (AvgIpc) is 3.50. The molecular formula is C22H26F3N3O3S. The Hall–Kier alpha value is -2.59. The minimum atomic E-state index is -5.08. The number of nitrogens with zero attached hydrogens (tertiary/aromatic N) is 2. The summed E-state index contributed by atoms with van der Waals surface area (Å²) in [7, 11) is 0. The van der Waals surface area contributed by atoms with Gasteiger partial charge in [-0.1, -0.05) is 6.07 Å². The lowest BCUT2D eigenvalue weighted by Gasteiger charge is -2.28. The number of amides is 1. The molecule has 6 nitrogen and oxygen atoms in total. The highest BCUT2D eigenvalue weighted by atomic mass is 32.1. The van der Waals surface area contributed by atoms with E-state index in [1.165, 1.54) is 42.8 Å². The van der Waals surface area contributed by atoms with Crippen molar-refractivity contribution in [1.82, 2.24) is 4.90 Å². The molecule has 0 spiro atoms. The van der Waals surface area contributed by atoms with Gasteiger partial charge in [0, 0.05) is 36.5 Å². The number of carboxylic acid groups (broad SMARTS) is 1. The van der Waals surface area contributed by atoms with Crippen LogP contribution in [0, 0.1) is 0 Å². The summed E-state index contributed by atoms with van der Waals surface area (Å²) in [5.41, 5.74) is 2.11. The van der Waals surface area contributed by atoms with Crippen molar-refractivity contribution in [1.29, 1.82) is 0 Å². The van der Waals surface area contributed by atoms with E-state index in [-0.39, 0.29) is 5.91 Å². The highest BCUT2D eigenvalue weighted by Gasteiger charge is 2.38. The predicted octanol–water partition coefficient (Wildman–Crippen LogP) is 4.70. The molecule has 0 bridgehead atoms. The van der Waals surface area contributed by atoms with E-state index >= 15 is 0 Å². The van der Waals surface area contributed by atoms with E-state index in [2.05, 4.69) is 34.2 Å². The maximum absolute atomic E-state index is 12.1. The number of benzene rings is 1. The molecule has 1 amide bonds. The molecule has 2 fully saturated rings. The molecule has 0 aliphatic carbocycles. The second kappa shape index (κ2) is 10.4. The minimum absolute atomic E-state index is 0.0352. The van der Waals surface area contributed by atoms with Crippen LogP contribution in [-0.2, 0) is 4.79 Å². The van der Waals surface area contributed by atoms with Gasteiger partial charge in [-0.05, 0) is 68.4 Å². The lowest BCUT2D eigenvalue weighted by atomic mass is 10.2. The van der Waals surface area contributed by atoms with Crippen LogP contribution in [0.15, 0.2) is 41.8 Å². The number of likely N-dealkylation sites (tertiary alicyclic amines) is 1. The summed E-state index contributed by atoms with van der Waals surface area (Å²) in [6.07, 6.45) is -1.15. The second-order valence-corrected chi connectivity index (χ2v) is 8.85. The van der Waals surface area contributed by atoms with Crippen molar-refractivity contribution >= 4 is 34.6 Å². The van der Waals surface area contributed by atoms with Crippen LogP contribution in [0.1, 0.15) is 35.9 Å². The van der Waals surface area contributed by atoms with Gasteiger partial charge in [0.25, 0.3) is 5.91 Å². The number of halogens is 3. The molecule has 1 aromatic heterocycles. The number of carbonyl (C=O) groups excluding carboxylic acids is 1. The van der Waals surface area contributed by atoms with Crippen LogP contribution in [-0.4, -0.2) is 59.8 Å². The molecule has 4 rings (SSSR count). The number of carbonyl (C=O) groups is 2. The van der Waals surface area contributed by atoms with Gasteiger partial charge in [-0.15, -0.1) is 11.3 Å². The third kappa shape index (κ3) is 6.23. The number of anilines is 2. The SMILES string of the molecule is CC1CCCN1C1CCN(c2ccc(NC(=O)c3cccs3)cc2)C1.O=C(O)C(F)(F)F. The summed E-state index contributed by atoms with van der Waals surface area (Å²) in [5, 5.41) is 12.0. The summed E-state index contributed by atoms with van der Waals surface area (Å²) in [5.74, 6) is -2.79. The van der Waals surface area contributed by atoms with E-state index in [1.54, 1.807) is 0 Å². The first-order chi connectivity index (χ1) is 15.1. The third-order valence-electron chi connectivity index (χ3n) is 5.71. The molecule has 0 saturated carbocycles.